The molecule has 8 nitrogen and oxygen atoms in total. The first kappa shape index (κ1) is 31.3. The second-order valence-electron chi connectivity index (χ2n) is 6.03. The summed E-state index contributed by atoms with van der Waals surface area (Å²) in [6, 6.07) is 12.9. The third-order valence-corrected chi connectivity index (χ3v) is 4.87. The Hall–Kier alpha value is -2.69. The number of methoxy groups -OCH3 is 2. The summed E-state index contributed by atoms with van der Waals surface area (Å²) < 4.78 is 15.4. The maximum Gasteiger partial charge on any atom is 0.225 e. The van der Waals surface area contributed by atoms with Crippen molar-refractivity contribution in [3.63, 3.8) is 0 Å². The van der Waals surface area contributed by atoms with Crippen LogP contribution in [0, 0.1) is 0 Å². The van der Waals surface area contributed by atoms with E-state index in [4.69, 9.17) is 77.3 Å². The fourth-order valence-corrected chi connectivity index (χ4v) is 3.02. The van der Waals surface area contributed by atoms with Gasteiger partial charge in [-0.15, -0.1) is 0 Å². The molecule has 0 aliphatic carbocycles. The van der Waals surface area contributed by atoms with Crippen LogP contribution in [0.15, 0.2) is 60.9 Å². The van der Waals surface area contributed by atoms with Gasteiger partial charge in [-0.2, -0.15) is 4.98 Å². The van der Waals surface area contributed by atoms with E-state index >= 15 is 0 Å². The van der Waals surface area contributed by atoms with E-state index in [0.717, 1.165) is 0 Å². The topological polar surface area (TPSA) is 99.5 Å². The Morgan fingerprint density at radius 2 is 1.31 bits per heavy atom. The normalized spacial score (nSPS) is 9.42. The van der Waals surface area contributed by atoms with Crippen molar-refractivity contribution in [1.82, 2.24) is 19.9 Å². The first-order valence-corrected chi connectivity index (χ1v) is 11.3. The molecule has 0 spiro atoms. The van der Waals surface area contributed by atoms with Gasteiger partial charge in [-0.3, -0.25) is 0 Å². The highest BCUT2D eigenvalue weighted by molar-refractivity contribution is 6.32. The van der Waals surface area contributed by atoms with Crippen molar-refractivity contribution in [2.45, 2.75) is 0 Å². The monoisotopic (exact) mass is 587 g/mol. The molecule has 0 saturated heterocycles. The maximum absolute atomic E-state index is 8.95. The molecular formula is C22H17BCl5N4O4. The zero-order chi connectivity index (χ0) is 25.8. The van der Waals surface area contributed by atoms with Gasteiger partial charge in [0, 0.05) is 39.0 Å². The zero-order valence-electron chi connectivity index (χ0n) is 18.7. The van der Waals surface area contributed by atoms with E-state index < -0.39 is 0 Å². The maximum atomic E-state index is 8.95. The van der Waals surface area contributed by atoms with Crippen LogP contribution in [0.2, 0.25) is 25.8 Å². The number of benzene rings is 2. The third-order valence-electron chi connectivity index (χ3n) is 3.69. The van der Waals surface area contributed by atoms with Crippen LogP contribution in [0.4, 0.5) is 0 Å². The molecule has 4 rings (SSSR count). The molecule has 14 heteroatoms. The molecular weight excluding hydrogens is 572 g/mol. The second kappa shape index (κ2) is 16.1. The Morgan fingerprint density at radius 1 is 0.694 bits per heavy atom. The molecule has 0 aliphatic heterocycles. The van der Waals surface area contributed by atoms with Crippen LogP contribution >= 0.6 is 58.0 Å². The van der Waals surface area contributed by atoms with Gasteiger partial charge < -0.3 is 19.3 Å². The number of phenolic OH excluding ortho intramolecular Hbond substituents is 1. The molecule has 0 amide bonds. The molecule has 187 valence electrons. The molecule has 0 bridgehead atoms. The lowest BCUT2D eigenvalue weighted by atomic mass is 10.3. The number of rotatable bonds is 4. The van der Waals surface area contributed by atoms with Gasteiger partial charge in [0.1, 0.15) is 28.2 Å². The summed E-state index contributed by atoms with van der Waals surface area (Å²) in [6.07, 6.45) is 3.01. The SMILES string of the molecule is COc1ccc(O)c(Cl)c1.COc1ccc(Oc2ccnc(Cl)n2)cc1Cl.Clc1ccnc(Cl)n1.[B]. The first-order chi connectivity index (χ1) is 16.7. The van der Waals surface area contributed by atoms with Gasteiger partial charge in [0.25, 0.3) is 0 Å². The van der Waals surface area contributed by atoms with Crippen LogP contribution in [0.25, 0.3) is 0 Å². The van der Waals surface area contributed by atoms with E-state index in [-0.39, 0.29) is 24.7 Å². The van der Waals surface area contributed by atoms with Crippen molar-refractivity contribution < 1.29 is 19.3 Å². The van der Waals surface area contributed by atoms with Gasteiger partial charge in [-0.05, 0) is 53.5 Å². The second-order valence-corrected chi connectivity index (χ2v) is 7.91. The van der Waals surface area contributed by atoms with Crippen LogP contribution in [0.3, 0.4) is 0 Å². The van der Waals surface area contributed by atoms with Gasteiger partial charge in [0.05, 0.1) is 24.3 Å². The Balaban J connectivity index is 0.000000291. The van der Waals surface area contributed by atoms with E-state index in [1.807, 2.05) is 0 Å². The number of hydrogen-bond acceptors (Lipinski definition) is 8. The Morgan fingerprint density at radius 3 is 1.81 bits per heavy atom. The predicted molar refractivity (Wildman–Crippen MR) is 143 cm³/mol. The smallest absolute Gasteiger partial charge is 0.225 e. The number of phenols is 1. The van der Waals surface area contributed by atoms with E-state index in [0.29, 0.717) is 38.3 Å². The lowest BCUT2D eigenvalue weighted by molar-refractivity contribution is 0.412. The van der Waals surface area contributed by atoms with Crippen molar-refractivity contribution >= 4 is 66.4 Å². The fourth-order valence-electron chi connectivity index (χ4n) is 2.14. The number of hydrogen-bond donors (Lipinski definition) is 1. The van der Waals surface area contributed by atoms with Gasteiger partial charge in [-0.1, -0.05) is 34.8 Å². The van der Waals surface area contributed by atoms with Crippen molar-refractivity contribution in [3.8, 4) is 28.9 Å². The van der Waals surface area contributed by atoms with Crippen LogP contribution in [-0.4, -0.2) is 47.7 Å². The lowest BCUT2D eigenvalue weighted by Gasteiger charge is -2.07. The molecule has 3 radical (unpaired) electrons. The summed E-state index contributed by atoms with van der Waals surface area (Å²) in [5.41, 5.74) is 0. The van der Waals surface area contributed by atoms with Gasteiger partial charge in [-0.25, -0.2) is 15.0 Å². The number of aromatic nitrogens is 4. The average molecular weight is 589 g/mol. The summed E-state index contributed by atoms with van der Waals surface area (Å²) in [6.45, 7) is 0. The molecule has 0 unspecified atom stereocenters. The molecule has 0 atom stereocenters. The summed E-state index contributed by atoms with van der Waals surface area (Å²) in [5.74, 6) is 2.20. The van der Waals surface area contributed by atoms with Crippen molar-refractivity contribution in [2.24, 2.45) is 0 Å². The summed E-state index contributed by atoms with van der Waals surface area (Å²) >= 11 is 27.9. The molecule has 4 aromatic rings. The highest BCUT2D eigenvalue weighted by Gasteiger charge is 2.05. The first-order valence-electron chi connectivity index (χ1n) is 9.38. The Bertz CT molecular complexity index is 1240. The molecule has 1 N–H and O–H groups in total. The van der Waals surface area contributed by atoms with E-state index in [9.17, 15) is 0 Å². The zero-order valence-corrected chi connectivity index (χ0v) is 22.5. The summed E-state index contributed by atoms with van der Waals surface area (Å²) in [7, 11) is 3.09. The van der Waals surface area contributed by atoms with Crippen LogP contribution in [-0.2, 0) is 0 Å². The molecule has 2 aromatic carbocycles. The number of aromatic hydroxyl groups is 1. The molecule has 0 aliphatic rings. The highest BCUT2D eigenvalue weighted by atomic mass is 35.5. The highest BCUT2D eigenvalue weighted by Crippen LogP contribution is 2.30. The number of nitrogens with zero attached hydrogens (tertiary/aromatic N) is 4. The van der Waals surface area contributed by atoms with E-state index in [2.05, 4.69) is 19.9 Å². The largest absolute Gasteiger partial charge is 0.506 e. The minimum atomic E-state index is 0. The van der Waals surface area contributed by atoms with Crippen molar-refractivity contribution in [3.05, 3.63) is 86.7 Å². The molecule has 0 fully saturated rings. The standard InChI is InChI=1S/C11H8Cl2N2O2.C7H7ClO2.C4H2Cl2N2.B/c1-16-9-3-2-7(6-8(9)12)17-10-4-5-14-11(13)15-10;1-10-5-2-3-7(9)6(8)4-5;5-3-1-2-7-4(6)8-3;/h2-6H,1H3;2-4,9H,1H3;1-2H;. The number of ether oxygens (including phenoxy) is 3. The molecule has 2 heterocycles. The van der Waals surface area contributed by atoms with Crippen molar-refractivity contribution in [2.75, 3.05) is 14.2 Å². The Labute approximate surface area is 234 Å². The van der Waals surface area contributed by atoms with Gasteiger partial charge >= 0.3 is 0 Å². The molecule has 2 aromatic heterocycles. The van der Waals surface area contributed by atoms with Crippen LogP contribution in [0.1, 0.15) is 0 Å². The van der Waals surface area contributed by atoms with Crippen LogP contribution < -0.4 is 14.2 Å². The summed E-state index contributed by atoms with van der Waals surface area (Å²) in [5, 5.41) is 10.4. The van der Waals surface area contributed by atoms with Crippen LogP contribution in [0.5, 0.6) is 28.9 Å². The van der Waals surface area contributed by atoms with Crippen molar-refractivity contribution in [1.29, 1.82) is 0 Å². The predicted octanol–water partition coefficient (Wildman–Crippen LogP) is 7.04. The fraction of sp³-hybridized carbons (Fsp3) is 0.0909. The average Bonchev–Trinajstić information content (AvgIpc) is 2.82. The molecule has 36 heavy (non-hydrogen) atoms. The quantitative estimate of drug-likeness (QED) is 0.154. The Kier molecular flexibility index (Phi) is 14.0. The van der Waals surface area contributed by atoms with E-state index in [1.54, 1.807) is 56.7 Å². The molecule has 0 saturated carbocycles. The van der Waals surface area contributed by atoms with Gasteiger partial charge in [0.2, 0.25) is 16.4 Å². The number of halogens is 5. The third kappa shape index (κ3) is 10.9. The summed E-state index contributed by atoms with van der Waals surface area (Å²) in [4.78, 5) is 14.9. The van der Waals surface area contributed by atoms with E-state index in [1.165, 1.54) is 18.5 Å². The lowest BCUT2D eigenvalue weighted by Crippen LogP contribution is -1.90. The minimum absolute atomic E-state index is 0. The van der Waals surface area contributed by atoms with Gasteiger partial charge in [0.15, 0.2) is 0 Å². The minimum Gasteiger partial charge on any atom is -0.506 e.